The molecule has 0 radical (unpaired) electrons. The average molecular weight is 349 g/mol. The van der Waals surface area contributed by atoms with E-state index in [4.69, 9.17) is 0 Å². The molecule has 0 atom stereocenters. The zero-order valence-corrected chi connectivity index (χ0v) is 12.0. The summed E-state index contributed by atoms with van der Waals surface area (Å²) in [4.78, 5) is 18.4. The number of methoxy groups -OCH3 is 1. The zero-order valence-electron chi connectivity index (χ0n) is 10.4. The van der Waals surface area contributed by atoms with Gasteiger partial charge in [-0.3, -0.25) is 0 Å². The monoisotopic (exact) mass is 348 g/mol. The van der Waals surface area contributed by atoms with Gasteiger partial charge in [0.15, 0.2) is 0 Å². The van der Waals surface area contributed by atoms with E-state index in [0.29, 0.717) is 15.4 Å². The van der Waals surface area contributed by atoms with Crippen molar-refractivity contribution in [3.05, 3.63) is 33.7 Å². The summed E-state index contributed by atoms with van der Waals surface area (Å²) in [5.74, 6) is -1.80. The van der Waals surface area contributed by atoms with Gasteiger partial charge in [0.2, 0.25) is 5.82 Å². The van der Waals surface area contributed by atoms with Crippen LogP contribution in [0.1, 0.15) is 21.7 Å². The van der Waals surface area contributed by atoms with Crippen LogP contribution in [-0.4, -0.2) is 23.0 Å². The third-order valence-corrected chi connectivity index (χ3v) is 3.69. The molecule has 1 aromatic heterocycles. The standard InChI is InChI=1S/C12H8BrF3N2O2/c1-5-7(10(19)20-2)3-6-4-17-11(12(14,15)16)18-9(6)8(5)13/h3-4H,1-2H3. The summed E-state index contributed by atoms with van der Waals surface area (Å²) in [6.07, 6.45) is -3.59. The number of carbonyl (C=O) groups is 1. The van der Waals surface area contributed by atoms with E-state index in [2.05, 4.69) is 30.6 Å². The first kappa shape index (κ1) is 14.7. The van der Waals surface area contributed by atoms with Crippen LogP contribution in [0.5, 0.6) is 0 Å². The molecule has 8 heteroatoms. The van der Waals surface area contributed by atoms with Gasteiger partial charge in [0.1, 0.15) is 0 Å². The summed E-state index contributed by atoms with van der Waals surface area (Å²) in [5, 5.41) is 0.316. The predicted octanol–water partition coefficient (Wildman–Crippen LogP) is 3.51. The van der Waals surface area contributed by atoms with Gasteiger partial charge in [-0.05, 0) is 34.5 Å². The molecule has 0 N–H and O–H groups in total. The van der Waals surface area contributed by atoms with E-state index in [1.54, 1.807) is 6.92 Å². The molecule has 0 aliphatic heterocycles. The highest BCUT2D eigenvalue weighted by Gasteiger charge is 2.35. The Morgan fingerprint density at radius 3 is 2.60 bits per heavy atom. The largest absolute Gasteiger partial charge is 0.465 e. The van der Waals surface area contributed by atoms with E-state index in [0.717, 1.165) is 6.20 Å². The Hall–Kier alpha value is -1.70. The van der Waals surface area contributed by atoms with Crippen LogP contribution in [0.25, 0.3) is 10.9 Å². The van der Waals surface area contributed by atoms with E-state index < -0.39 is 18.0 Å². The molecule has 4 nitrogen and oxygen atoms in total. The van der Waals surface area contributed by atoms with Crippen LogP contribution in [0.4, 0.5) is 13.2 Å². The Kier molecular flexibility index (Phi) is 3.68. The van der Waals surface area contributed by atoms with Gasteiger partial charge in [0, 0.05) is 16.1 Å². The Bertz CT molecular complexity index is 701. The van der Waals surface area contributed by atoms with Crippen molar-refractivity contribution in [3.8, 4) is 0 Å². The number of carbonyl (C=O) groups excluding carboxylic acids is 1. The van der Waals surface area contributed by atoms with Crippen LogP contribution in [-0.2, 0) is 10.9 Å². The first-order valence-electron chi connectivity index (χ1n) is 5.37. The SMILES string of the molecule is COC(=O)c1cc2cnc(C(F)(F)F)nc2c(Br)c1C. The molecule has 0 saturated heterocycles. The number of hydrogen-bond donors (Lipinski definition) is 0. The van der Waals surface area contributed by atoms with Crippen LogP contribution in [0.2, 0.25) is 0 Å². The highest BCUT2D eigenvalue weighted by atomic mass is 79.9. The normalized spacial score (nSPS) is 11.7. The van der Waals surface area contributed by atoms with Crippen molar-refractivity contribution in [2.75, 3.05) is 7.11 Å². The lowest BCUT2D eigenvalue weighted by molar-refractivity contribution is -0.144. The van der Waals surface area contributed by atoms with Gasteiger partial charge in [-0.2, -0.15) is 13.2 Å². The van der Waals surface area contributed by atoms with Crippen LogP contribution < -0.4 is 0 Å². The molecule has 0 aliphatic carbocycles. The molecule has 0 spiro atoms. The summed E-state index contributed by atoms with van der Waals surface area (Å²) in [7, 11) is 1.23. The Balaban J connectivity index is 2.74. The molecule has 106 valence electrons. The van der Waals surface area contributed by atoms with Crippen molar-refractivity contribution >= 4 is 32.8 Å². The highest BCUT2D eigenvalue weighted by molar-refractivity contribution is 9.10. The van der Waals surface area contributed by atoms with Gasteiger partial charge in [-0.15, -0.1) is 0 Å². The van der Waals surface area contributed by atoms with Crippen molar-refractivity contribution < 1.29 is 22.7 Å². The number of alkyl halides is 3. The molecule has 1 heterocycles. The highest BCUT2D eigenvalue weighted by Crippen LogP contribution is 2.32. The zero-order chi connectivity index (χ0) is 15.1. The van der Waals surface area contributed by atoms with E-state index in [1.165, 1.54) is 13.2 Å². The number of halogens is 4. The number of ether oxygens (including phenoxy) is 1. The Labute approximate surface area is 120 Å². The van der Waals surface area contributed by atoms with Gasteiger partial charge in [0.05, 0.1) is 18.2 Å². The molecule has 0 fully saturated rings. The summed E-state index contributed by atoms with van der Waals surface area (Å²) in [6.45, 7) is 1.59. The van der Waals surface area contributed by atoms with Gasteiger partial charge in [0.25, 0.3) is 0 Å². The minimum absolute atomic E-state index is 0.0949. The van der Waals surface area contributed by atoms with Crippen LogP contribution >= 0.6 is 15.9 Å². The number of hydrogen-bond acceptors (Lipinski definition) is 4. The third kappa shape index (κ3) is 2.47. The van der Waals surface area contributed by atoms with E-state index in [9.17, 15) is 18.0 Å². The second kappa shape index (κ2) is 5.01. The molecule has 2 rings (SSSR count). The number of nitrogens with zero attached hydrogens (tertiary/aromatic N) is 2. The first-order chi connectivity index (χ1) is 9.25. The Morgan fingerprint density at radius 2 is 2.05 bits per heavy atom. The minimum Gasteiger partial charge on any atom is -0.465 e. The number of esters is 1. The van der Waals surface area contributed by atoms with E-state index >= 15 is 0 Å². The lowest BCUT2D eigenvalue weighted by atomic mass is 10.1. The van der Waals surface area contributed by atoms with Gasteiger partial charge < -0.3 is 4.74 Å². The van der Waals surface area contributed by atoms with Crippen molar-refractivity contribution in [3.63, 3.8) is 0 Å². The second-order valence-electron chi connectivity index (χ2n) is 3.98. The smallest absolute Gasteiger partial charge is 0.451 e. The molecule has 0 unspecified atom stereocenters. The van der Waals surface area contributed by atoms with Crippen molar-refractivity contribution in [1.29, 1.82) is 0 Å². The minimum atomic E-state index is -4.62. The second-order valence-corrected chi connectivity index (χ2v) is 4.78. The maximum absolute atomic E-state index is 12.6. The van der Waals surface area contributed by atoms with E-state index in [1.807, 2.05) is 0 Å². The molecular formula is C12H8BrF3N2O2. The third-order valence-electron chi connectivity index (χ3n) is 2.72. The molecule has 20 heavy (non-hydrogen) atoms. The van der Waals surface area contributed by atoms with Crippen LogP contribution in [0.3, 0.4) is 0 Å². The fourth-order valence-electron chi connectivity index (χ4n) is 1.69. The van der Waals surface area contributed by atoms with Gasteiger partial charge >= 0.3 is 12.1 Å². The fraction of sp³-hybridized carbons (Fsp3) is 0.250. The summed E-state index contributed by atoms with van der Waals surface area (Å²) in [6, 6.07) is 1.40. The topological polar surface area (TPSA) is 52.1 Å². The van der Waals surface area contributed by atoms with Crippen LogP contribution in [0.15, 0.2) is 16.7 Å². The maximum Gasteiger partial charge on any atom is 0.451 e. The van der Waals surface area contributed by atoms with Crippen LogP contribution in [0, 0.1) is 6.92 Å². The molecule has 0 saturated carbocycles. The summed E-state index contributed by atoms with van der Waals surface area (Å²) in [5.41, 5.74) is 0.795. The summed E-state index contributed by atoms with van der Waals surface area (Å²) < 4.78 is 42.7. The number of fused-ring (bicyclic) bond motifs is 1. The molecule has 1 aromatic carbocycles. The quantitative estimate of drug-likeness (QED) is 0.740. The van der Waals surface area contributed by atoms with Gasteiger partial charge in [-0.1, -0.05) is 0 Å². The van der Waals surface area contributed by atoms with Crippen molar-refractivity contribution in [2.24, 2.45) is 0 Å². The average Bonchev–Trinajstić information content (AvgIpc) is 2.40. The predicted molar refractivity (Wildman–Crippen MR) is 68.3 cm³/mol. The van der Waals surface area contributed by atoms with E-state index in [-0.39, 0.29) is 11.1 Å². The lowest BCUT2D eigenvalue weighted by Crippen LogP contribution is -2.11. The first-order valence-corrected chi connectivity index (χ1v) is 6.16. The lowest BCUT2D eigenvalue weighted by Gasteiger charge is -2.11. The van der Waals surface area contributed by atoms with Crippen molar-refractivity contribution in [2.45, 2.75) is 13.1 Å². The van der Waals surface area contributed by atoms with Gasteiger partial charge in [-0.25, -0.2) is 14.8 Å². The fourth-order valence-corrected chi connectivity index (χ4v) is 2.22. The molecular weight excluding hydrogens is 341 g/mol. The number of benzene rings is 1. The number of rotatable bonds is 1. The maximum atomic E-state index is 12.6. The number of aromatic nitrogens is 2. The van der Waals surface area contributed by atoms with Crippen molar-refractivity contribution in [1.82, 2.24) is 9.97 Å². The molecule has 0 aliphatic rings. The molecule has 0 amide bonds. The molecule has 0 bridgehead atoms. The Morgan fingerprint density at radius 1 is 1.40 bits per heavy atom. The summed E-state index contributed by atoms with van der Waals surface area (Å²) >= 11 is 3.16. The molecule has 2 aromatic rings.